The first-order chi connectivity index (χ1) is 11.9. The van der Waals surface area contributed by atoms with E-state index in [9.17, 15) is 26.9 Å². The van der Waals surface area contributed by atoms with Gasteiger partial charge in [0.15, 0.2) is 0 Å². The van der Waals surface area contributed by atoms with Crippen LogP contribution in [0.1, 0.15) is 11.1 Å². The first kappa shape index (κ1) is 19.7. The van der Waals surface area contributed by atoms with Crippen molar-refractivity contribution >= 4 is 37.1 Å². The highest BCUT2D eigenvalue weighted by Gasteiger charge is 2.22. The van der Waals surface area contributed by atoms with E-state index in [1.54, 1.807) is 13.8 Å². The maximum absolute atomic E-state index is 12.7. The molecule has 0 atom stereocenters. The standard InChI is InChI=1S/C15H17N3O6S2/c1-10-7-14(18(19)20)9-15(11(10)2)26(23,24)17-13-6-4-5-12(8-13)16-25(3,21)22/h4-9,16-17H,1-3H3. The van der Waals surface area contributed by atoms with Gasteiger partial charge in [0.05, 0.1) is 27.4 Å². The van der Waals surface area contributed by atoms with Crippen LogP contribution in [0.2, 0.25) is 0 Å². The number of sulfonamides is 2. The van der Waals surface area contributed by atoms with Gasteiger partial charge in [0.1, 0.15) is 0 Å². The summed E-state index contributed by atoms with van der Waals surface area (Å²) in [5, 5.41) is 11.0. The van der Waals surface area contributed by atoms with E-state index < -0.39 is 25.0 Å². The number of anilines is 2. The number of non-ortho nitro benzene ring substituents is 1. The quantitative estimate of drug-likeness (QED) is 0.565. The fraction of sp³-hybridized carbons (Fsp3) is 0.200. The van der Waals surface area contributed by atoms with Crippen molar-refractivity contribution in [2.45, 2.75) is 18.7 Å². The average Bonchev–Trinajstić information content (AvgIpc) is 2.47. The Morgan fingerprint density at radius 1 is 0.962 bits per heavy atom. The summed E-state index contributed by atoms with van der Waals surface area (Å²) < 4.78 is 52.5. The van der Waals surface area contributed by atoms with Gasteiger partial charge in [-0.3, -0.25) is 19.6 Å². The average molecular weight is 399 g/mol. The van der Waals surface area contributed by atoms with Crippen LogP contribution in [-0.2, 0) is 20.0 Å². The summed E-state index contributed by atoms with van der Waals surface area (Å²) in [4.78, 5) is 10.1. The summed E-state index contributed by atoms with van der Waals surface area (Å²) >= 11 is 0. The molecule has 2 rings (SSSR count). The molecule has 2 aromatic rings. The zero-order valence-corrected chi connectivity index (χ0v) is 15.8. The summed E-state index contributed by atoms with van der Waals surface area (Å²) in [5.41, 5.74) is 0.809. The number of hydrogen-bond donors (Lipinski definition) is 2. The summed E-state index contributed by atoms with van der Waals surface area (Å²) in [6, 6.07) is 7.95. The Labute approximate surface area is 151 Å². The molecule has 0 aromatic heterocycles. The minimum atomic E-state index is -4.11. The molecule has 0 aliphatic heterocycles. The van der Waals surface area contributed by atoms with Crippen molar-refractivity contribution in [1.82, 2.24) is 0 Å². The SMILES string of the molecule is Cc1cc([N+](=O)[O-])cc(S(=O)(=O)Nc2cccc(NS(C)(=O)=O)c2)c1C. The maximum atomic E-state index is 12.7. The molecule has 0 fully saturated rings. The first-order valence-electron chi connectivity index (χ1n) is 7.25. The predicted octanol–water partition coefficient (Wildman–Crippen LogP) is 2.38. The molecular weight excluding hydrogens is 382 g/mol. The van der Waals surface area contributed by atoms with Crippen LogP contribution in [0.5, 0.6) is 0 Å². The highest BCUT2D eigenvalue weighted by Crippen LogP contribution is 2.27. The summed E-state index contributed by atoms with van der Waals surface area (Å²) in [5.74, 6) is 0. The zero-order valence-electron chi connectivity index (χ0n) is 14.2. The van der Waals surface area contributed by atoms with Crippen LogP contribution >= 0.6 is 0 Å². The maximum Gasteiger partial charge on any atom is 0.271 e. The second-order valence-corrected chi connectivity index (χ2v) is 9.10. The van der Waals surface area contributed by atoms with Crippen LogP contribution in [0.4, 0.5) is 17.1 Å². The van der Waals surface area contributed by atoms with E-state index in [-0.39, 0.29) is 22.0 Å². The molecule has 2 aromatic carbocycles. The van der Waals surface area contributed by atoms with E-state index in [1.165, 1.54) is 30.3 Å². The van der Waals surface area contributed by atoms with Gasteiger partial charge in [0, 0.05) is 12.1 Å². The lowest BCUT2D eigenvalue weighted by atomic mass is 10.1. The second kappa shape index (κ2) is 6.92. The lowest BCUT2D eigenvalue weighted by molar-refractivity contribution is -0.385. The molecule has 0 heterocycles. The molecule has 0 unspecified atom stereocenters. The molecule has 140 valence electrons. The Bertz CT molecular complexity index is 1080. The molecule has 9 nitrogen and oxygen atoms in total. The molecule has 11 heteroatoms. The van der Waals surface area contributed by atoms with Crippen LogP contribution in [0.3, 0.4) is 0 Å². The minimum absolute atomic E-state index is 0.113. The van der Waals surface area contributed by atoms with Crippen molar-refractivity contribution in [2.75, 3.05) is 15.7 Å². The van der Waals surface area contributed by atoms with Crippen molar-refractivity contribution < 1.29 is 21.8 Å². The van der Waals surface area contributed by atoms with Crippen LogP contribution < -0.4 is 9.44 Å². The van der Waals surface area contributed by atoms with Gasteiger partial charge in [-0.15, -0.1) is 0 Å². The Morgan fingerprint density at radius 3 is 2.08 bits per heavy atom. The van der Waals surface area contributed by atoms with Gasteiger partial charge in [-0.1, -0.05) is 6.07 Å². The van der Waals surface area contributed by atoms with Gasteiger partial charge < -0.3 is 0 Å². The number of rotatable bonds is 6. The molecule has 26 heavy (non-hydrogen) atoms. The smallest absolute Gasteiger partial charge is 0.271 e. The molecule has 0 radical (unpaired) electrons. The molecule has 0 spiro atoms. The Hall–Kier alpha value is -2.66. The summed E-state index contributed by atoms with van der Waals surface area (Å²) in [6.45, 7) is 3.13. The fourth-order valence-corrected chi connectivity index (χ4v) is 4.21. The Balaban J connectivity index is 2.44. The van der Waals surface area contributed by atoms with Gasteiger partial charge in [-0.25, -0.2) is 16.8 Å². The molecule has 0 aliphatic carbocycles. The number of nitrogens with zero attached hydrogens (tertiary/aromatic N) is 1. The van der Waals surface area contributed by atoms with E-state index in [4.69, 9.17) is 0 Å². The van der Waals surface area contributed by atoms with Crippen LogP contribution in [0.25, 0.3) is 0 Å². The highest BCUT2D eigenvalue weighted by atomic mass is 32.2. The lowest BCUT2D eigenvalue weighted by Gasteiger charge is -2.13. The van der Waals surface area contributed by atoms with Crippen molar-refractivity contribution in [3.63, 3.8) is 0 Å². The van der Waals surface area contributed by atoms with E-state index in [0.29, 0.717) is 11.1 Å². The van der Waals surface area contributed by atoms with Gasteiger partial charge in [-0.2, -0.15) is 0 Å². The van der Waals surface area contributed by atoms with Crippen molar-refractivity contribution in [3.05, 3.63) is 57.6 Å². The molecule has 0 amide bonds. The minimum Gasteiger partial charge on any atom is -0.284 e. The summed E-state index contributed by atoms with van der Waals surface area (Å²) in [6.07, 6.45) is 0.971. The lowest BCUT2D eigenvalue weighted by Crippen LogP contribution is -2.16. The Morgan fingerprint density at radius 2 is 1.54 bits per heavy atom. The van der Waals surface area contributed by atoms with E-state index in [2.05, 4.69) is 9.44 Å². The van der Waals surface area contributed by atoms with E-state index >= 15 is 0 Å². The molecule has 2 N–H and O–H groups in total. The third-order valence-electron chi connectivity index (χ3n) is 3.52. The van der Waals surface area contributed by atoms with Crippen LogP contribution in [0.15, 0.2) is 41.3 Å². The van der Waals surface area contributed by atoms with E-state index in [1.807, 2.05) is 0 Å². The molecule has 0 saturated heterocycles. The van der Waals surface area contributed by atoms with Crippen molar-refractivity contribution in [1.29, 1.82) is 0 Å². The van der Waals surface area contributed by atoms with Gasteiger partial charge in [-0.05, 0) is 43.2 Å². The summed E-state index contributed by atoms with van der Waals surface area (Å²) in [7, 11) is -7.63. The van der Waals surface area contributed by atoms with Gasteiger partial charge >= 0.3 is 0 Å². The Kier molecular flexibility index (Phi) is 5.23. The molecule has 0 aliphatic rings. The fourth-order valence-electron chi connectivity index (χ4n) is 2.26. The third-order valence-corrected chi connectivity index (χ3v) is 5.64. The third kappa shape index (κ3) is 4.70. The van der Waals surface area contributed by atoms with E-state index in [0.717, 1.165) is 12.3 Å². The topological polar surface area (TPSA) is 135 Å². The monoisotopic (exact) mass is 399 g/mol. The van der Waals surface area contributed by atoms with Crippen molar-refractivity contribution in [2.24, 2.45) is 0 Å². The van der Waals surface area contributed by atoms with Gasteiger partial charge in [0.2, 0.25) is 10.0 Å². The number of nitrogens with one attached hydrogen (secondary N) is 2. The molecule has 0 saturated carbocycles. The molecule has 0 bridgehead atoms. The largest absolute Gasteiger partial charge is 0.284 e. The normalized spacial score (nSPS) is 11.8. The zero-order chi connectivity index (χ0) is 19.7. The second-order valence-electron chi connectivity index (χ2n) is 5.70. The van der Waals surface area contributed by atoms with Crippen LogP contribution in [-0.4, -0.2) is 28.0 Å². The predicted molar refractivity (Wildman–Crippen MR) is 98.3 cm³/mol. The van der Waals surface area contributed by atoms with Gasteiger partial charge in [0.25, 0.3) is 15.7 Å². The number of hydrogen-bond acceptors (Lipinski definition) is 6. The number of nitro groups is 1. The number of nitro benzene ring substituents is 1. The number of aryl methyl sites for hydroxylation is 1. The number of benzene rings is 2. The molecular formula is C15H17N3O6S2. The first-order valence-corrected chi connectivity index (χ1v) is 10.6. The van der Waals surface area contributed by atoms with Crippen LogP contribution in [0, 0.1) is 24.0 Å². The highest BCUT2D eigenvalue weighted by molar-refractivity contribution is 7.92. The van der Waals surface area contributed by atoms with Crippen molar-refractivity contribution in [3.8, 4) is 0 Å².